The molecular formula is C14H15Br2NOS. The Kier molecular flexibility index (Phi) is 5.03. The summed E-state index contributed by atoms with van der Waals surface area (Å²) < 4.78 is 1.15. The Bertz CT molecular complexity index is 536. The van der Waals surface area contributed by atoms with Crippen molar-refractivity contribution in [3.63, 3.8) is 0 Å². The molecule has 1 N–H and O–H groups in total. The van der Waals surface area contributed by atoms with Crippen LogP contribution in [-0.2, 0) is 0 Å². The highest BCUT2D eigenvalue weighted by molar-refractivity contribution is 9.09. The number of carbonyl (C=O) groups excluding carboxylic acids is 1. The number of rotatable bonds is 5. The van der Waals surface area contributed by atoms with Crippen LogP contribution in [0.15, 0.2) is 30.3 Å². The molecule has 0 aliphatic heterocycles. The highest BCUT2D eigenvalue weighted by Gasteiger charge is 2.28. The van der Waals surface area contributed by atoms with Crippen LogP contribution < -0.4 is 5.32 Å². The number of hydrogen-bond acceptors (Lipinski definition) is 2. The zero-order chi connectivity index (χ0) is 13.9. The van der Waals surface area contributed by atoms with Gasteiger partial charge in [0.25, 0.3) is 5.91 Å². The van der Waals surface area contributed by atoms with Crippen LogP contribution in [0.2, 0.25) is 0 Å². The second-order valence-electron chi connectivity index (χ2n) is 4.50. The van der Waals surface area contributed by atoms with Crippen molar-refractivity contribution >= 4 is 59.2 Å². The largest absolute Gasteiger partial charge is 0.344 e. The van der Waals surface area contributed by atoms with Crippen LogP contribution in [0.4, 0.5) is 0 Å². The van der Waals surface area contributed by atoms with Crippen LogP contribution in [0.1, 0.15) is 23.0 Å². The van der Waals surface area contributed by atoms with Gasteiger partial charge in [-0.25, -0.2) is 0 Å². The van der Waals surface area contributed by atoms with Crippen molar-refractivity contribution in [1.82, 2.24) is 5.32 Å². The molecule has 1 aromatic carbocycles. The van der Waals surface area contributed by atoms with Crippen molar-refractivity contribution < 1.29 is 4.79 Å². The molecule has 0 unspecified atom stereocenters. The fourth-order valence-corrected chi connectivity index (χ4v) is 4.74. The van der Waals surface area contributed by atoms with E-state index in [1.807, 2.05) is 30.3 Å². The number of thiophene rings is 1. The fraction of sp³-hybridized carbons (Fsp3) is 0.357. The Hall–Kier alpha value is -0.390. The number of carbonyl (C=O) groups is 1. The molecule has 0 aliphatic rings. The SMILES string of the molecule is CCC(CBr)(CBr)NC(=O)c1cc2ccccc2s1. The normalized spacial score (nSPS) is 11.7. The molecule has 0 spiro atoms. The Morgan fingerprint density at radius 3 is 2.58 bits per heavy atom. The summed E-state index contributed by atoms with van der Waals surface area (Å²) in [4.78, 5) is 13.1. The third-order valence-electron chi connectivity index (χ3n) is 3.22. The average molecular weight is 405 g/mol. The summed E-state index contributed by atoms with van der Waals surface area (Å²) in [6.07, 6.45) is 0.875. The fourth-order valence-electron chi connectivity index (χ4n) is 1.78. The standard InChI is InChI=1S/C14H15Br2NOS/c1-2-14(8-15,9-16)17-13(18)12-7-10-5-3-4-6-11(10)19-12/h3-7H,2,8-9H2,1H3,(H,17,18). The van der Waals surface area contributed by atoms with Gasteiger partial charge in [-0.05, 0) is 23.9 Å². The molecule has 0 aliphatic carbocycles. The van der Waals surface area contributed by atoms with E-state index in [0.717, 1.165) is 32.0 Å². The molecule has 1 aromatic heterocycles. The van der Waals surface area contributed by atoms with E-state index in [1.165, 1.54) is 11.3 Å². The van der Waals surface area contributed by atoms with E-state index in [0.29, 0.717) is 0 Å². The summed E-state index contributed by atoms with van der Waals surface area (Å²) in [7, 11) is 0. The van der Waals surface area contributed by atoms with Gasteiger partial charge in [0.15, 0.2) is 0 Å². The maximum atomic E-state index is 12.4. The molecule has 2 nitrogen and oxygen atoms in total. The molecule has 19 heavy (non-hydrogen) atoms. The lowest BCUT2D eigenvalue weighted by molar-refractivity contribution is 0.0919. The molecular weight excluding hydrogens is 390 g/mol. The van der Waals surface area contributed by atoms with Gasteiger partial charge in [0.05, 0.1) is 10.4 Å². The lowest BCUT2D eigenvalue weighted by atomic mass is 10.0. The van der Waals surface area contributed by atoms with Crippen LogP contribution in [0, 0.1) is 0 Å². The first-order valence-corrected chi connectivity index (χ1v) is 9.13. The van der Waals surface area contributed by atoms with Crippen molar-refractivity contribution in [1.29, 1.82) is 0 Å². The van der Waals surface area contributed by atoms with Crippen molar-refractivity contribution in [2.45, 2.75) is 18.9 Å². The van der Waals surface area contributed by atoms with E-state index in [9.17, 15) is 4.79 Å². The number of benzene rings is 1. The van der Waals surface area contributed by atoms with Crippen molar-refractivity contribution in [3.8, 4) is 0 Å². The lowest BCUT2D eigenvalue weighted by Gasteiger charge is -2.29. The van der Waals surface area contributed by atoms with Crippen LogP contribution >= 0.6 is 43.2 Å². The molecule has 2 aromatic rings. The average Bonchev–Trinajstić information content (AvgIpc) is 2.89. The highest BCUT2D eigenvalue weighted by atomic mass is 79.9. The Morgan fingerprint density at radius 2 is 2.00 bits per heavy atom. The number of alkyl halides is 2. The number of nitrogens with one attached hydrogen (secondary N) is 1. The van der Waals surface area contributed by atoms with Gasteiger partial charge < -0.3 is 5.32 Å². The number of halogens is 2. The summed E-state index contributed by atoms with van der Waals surface area (Å²) in [6, 6.07) is 10.0. The summed E-state index contributed by atoms with van der Waals surface area (Å²) in [5, 5.41) is 5.73. The van der Waals surface area contributed by atoms with Crippen LogP contribution in [0.3, 0.4) is 0 Å². The van der Waals surface area contributed by atoms with E-state index in [1.54, 1.807) is 0 Å². The van der Waals surface area contributed by atoms with Gasteiger partial charge in [0.2, 0.25) is 0 Å². The minimum Gasteiger partial charge on any atom is -0.344 e. The van der Waals surface area contributed by atoms with Gasteiger partial charge in [-0.15, -0.1) is 11.3 Å². The first kappa shape index (κ1) is 15.0. The van der Waals surface area contributed by atoms with Crippen LogP contribution in [-0.4, -0.2) is 22.1 Å². The van der Waals surface area contributed by atoms with Gasteiger partial charge in [-0.2, -0.15) is 0 Å². The first-order valence-electron chi connectivity index (χ1n) is 6.07. The highest BCUT2D eigenvalue weighted by Crippen LogP contribution is 2.26. The predicted octanol–water partition coefficient (Wildman–Crippen LogP) is 4.57. The quantitative estimate of drug-likeness (QED) is 0.726. The molecule has 5 heteroatoms. The van der Waals surface area contributed by atoms with E-state index in [2.05, 4.69) is 44.1 Å². The molecule has 2 rings (SSSR count). The molecule has 0 atom stereocenters. The minimum atomic E-state index is -0.229. The maximum absolute atomic E-state index is 12.4. The Balaban J connectivity index is 2.24. The van der Waals surface area contributed by atoms with E-state index in [4.69, 9.17) is 0 Å². The molecule has 0 saturated heterocycles. The second kappa shape index (κ2) is 6.37. The molecule has 102 valence electrons. The van der Waals surface area contributed by atoms with E-state index < -0.39 is 0 Å². The van der Waals surface area contributed by atoms with Crippen molar-refractivity contribution in [2.24, 2.45) is 0 Å². The number of fused-ring (bicyclic) bond motifs is 1. The number of hydrogen-bond donors (Lipinski definition) is 1. The monoisotopic (exact) mass is 403 g/mol. The Labute approximate surface area is 133 Å². The number of amides is 1. The summed E-state index contributed by atoms with van der Waals surface area (Å²) >= 11 is 8.51. The molecule has 0 saturated carbocycles. The molecule has 0 fully saturated rings. The lowest BCUT2D eigenvalue weighted by Crippen LogP contribution is -2.50. The summed E-state index contributed by atoms with van der Waals surface area (Å²) in [5.74, 6) is 0.00181. The van der Waals surface area contributed by atoms with Crippen LogP contribution in [0.25, 0.3) is 10.1 Å². The molecule has 0 bridgehead atoms. The van der Waals surface area contributed by atoms with Gasteiger partial charge in [-0.1, -0.05) is 57.0 Å². The van der Waals surface area contributed by atoms with Crippen LogP contribution in [0.5, 0.6) is 0 Å². The zero-order valence-corrected chi connectivity index (χ0v) is 14.6. The van der Waals surface area contributed by atoms with Gasteiger partial charge in [0.1, 0.15) is 0 Å². The zero-order valence-electron chi connectivity index (χ0n) is 10.6. The van der Waals surface area contributed by atoms with Gasteiger partial charge in [-0.3, -0.25) is 4.79 Å². The first-order chi connectivity index (χ1) is 9.14. The molecule has 1 amide bonds. The molecule has 1 heterocycles. The van der Waals surface area contributed by atoms with Gasteiger partial charge >= 0.3 is 0 Å². The third-order valence-corrected chi connectivity index (χ3v) is 6.48. The maximum Gasteiger partial charge on any atom is 0.261 e. The topological polar surface area (TPSA) is 29.1 Å². The smallest absolute Gasteiger partial charge is 0.261 e. The van der Waals surface area contributed by atoms with Gasteiger partial charge in [0, 0.05) is 15.4 Å². The minimum absolute atomic E-state index is 0.00181. The summed E-state index contributed by atoms with van der Waals surface area (Å²) in [6.45, 7) is 2.08. The predicted molar refractivity (Wildman–Crippen MR) is 89.9 cm³/mol. The third kappa shape index (κ3) is 3.20. The van der Waals surface area contributed by atoms with E-state index >= 15 is 0 Å². The summed E-state index contributed by atoms with van der Waals surface area (Å²) in [5.41, 5.74) is -0.229. The van der Waals surface area contributed by atoms with Crippen molar-refractivity contribution in [3.05, 3.63) is 35.2 Å². The molecule has 0 radical (unpaired) electrons. The van der Waals surface area contributed by atoms with E-state index in [-0.39, 0.29) is 11.4 Å². The Morgan fingerprint density at radius 1 is 1.32 bits per heavy atom. The second-order valence-corrected chi connectivity index (χ2v) is 6.71. The van der Waals surface area contributed by atoms with Crippen molar-refractivity contribution in [2.75, 3.05) is 10.7 Å².